The fourth-order valence-electron chi connectivity index (χ4n) is 5.70. The fourth-order valence-corrected chi connectivity index (χ4v) is 9.33. The summed E-state index contributed by atoms with van der Waals surface area (Å²) in [6.07, 6.45) is 0. The van der Waals surface area contributed by atoms with Gasteiger partial charge in [0.25, 0.3) is 0 Å². The van der Waals surface area contributed by atoms with E-state index in [0.717, 1.165) is 11.4 Å². The molecule has 0 aliphatic carbocycles. The maximum atomic E-state index is 13.9. The van der Waals surface area contributed by atoms with E-state index in [1.165, 1.54) is 8.61 Å². The molecule has 2 heterocycles. The molecular weight excluding hydrogens is 615 g/mol. The summed E-state index contributed by atoms with van der Waals surface area (Å²) in [6.45, 7) is 3.30. The van der Waals surface area contributed by atoms with Crippen molar-refractivity contribution in [1.29, 1.82) is 0 Å². The highest BCUT2D eigenvalue weighted by atomic mass is 35.5. The average molecular weight is 646 g/mol. The summed E-state index contributed by atoms with van der Waals surface area (Å²) < 4.78 is 58.4. The highest BCUT2D eigenvalue weighted by molar-refractivity contribution is 7.89. The third kappa shape index (κ3) is 5.59. The van der Waals surface area contributed by atoms with Crippen LogP contribution in [0, 0.1) is 0 Å². The van der Waals surface area contributed by atoms with Crippen molar-refractivity contribution in [3.05, 3.63) is 95.0 Å². The van der Waals surface area contributed by atoms with E-state index in [2.05, 4.69) is 9.80 Å². The molecule has 4 aromatic carbocycles. The summed E-state index contributed by atoms with van der Waals surface area (Å²) in [5.41, 5.74) is 1.90. The van der Waals surface area contributed by atoms with Gasteiger partial charge in [-0.2, -0.15) is 8.61 Å². The van der Waals surface area contributed by atoms with E-state index in [0.29, 0.717) is 73.2 Å². The van der Waals surface area contributed by atoms with Crippen molar-refractivity contribution in [2.75, 3.05) is 62.2 Å². The Morgan fingerprint density at radius 1 is 0.476 bits per heavy atom. The van der Waals surface area contributed by atoms with Gasteiger partial charge >= 0.3 is 0 Å². The number of halogens is 2. The van der Waals surface area contributed by atoms with E-state index in [1.807, 2.05) is 48.5 Å². The summed E-state index contributed by atoms with van der Waals surface area (Å²) in [4.78, 5) is 4.44. The number of nitrogens with zero attached hydrogens (tertiary/aromatic N) is 4. The van der Waals surface area contributed by atoms with E-state index in [-0.39, 0.29) is 9.79 Å². The molecule has 0 saturated carbocycles. The van der Waals surface area contributed by atoms with E-state index in [1.54, 1.807) is 36.4 Å². The number of benzene rings is 4. The lowest BCUT2D eigenvalue weighted by Gasteiger charge is -2.36. The zero-order valence-electron chi connectivity index (χ0n) is 22.7. The van der Waals surface area contributed by atoms with Crippen LogP contribution in [-0.2, 0) is 20.0 Å². The SMILES string of the molecule is O=S(=O)(c1cccc2c(S(=O)(=O)N3CCN(c4cccc(Cl)c4)CC3)cccc12)N1CCN(c2cccc(Cl)c2)CC1. The van der Waals surface area contributed by atoms with Crippen LogP contribution in [0.4, 0.5) is 11.4 Å². The molecule has 0 aromatic heterocycles. The van der Waals surface area contributed by atoms with Crippen LogP contribution < -0.4 is 9.80 Å². The quantitative estimate of drug-likeness (QED) is 0.288. The Labute approximate surface area is 256 Å². The van der Waals surface area contributed by atoms with Gasteiger partial charge in [0.2, 0.25) is 20.0 Å². The number of rotatable bonds is 6. The minimum atomic E-state index is -3.88. The number of fused-ring (bicyclic) bond motifs is 1. The van der Waals surface area contributed by atoms with Gasteiger partial charge in [-0.1, -0.05) is 59.6 Å². The lowest BCUT2D eigenvalue weighted by atomic mass is 10.1. The Morgan fingerprint density at radius 2 is 0.833 bits per heavy atom. The van der Waals surface area contributed by atoms with Gasteiger partial charge in [0.15, 0.2) is 0 Å². The molecule has 42 heavy (non-hydrogen) atoms. The maximum Gasteiger partial charge on any atom is 0.243 e. The van der Waals surface area contributed by atoms with Gasteiger partial charge in [-0.3, -0.25) is 0 Å². The topological polar surface area (TPSA) is 81.2 Å². The van der Waals surface area contributed by atoms with Gasteiger partial charge in [-0.15, -0.1) is 0 Å². The van der Waals surface area contributed by atoms with Gasteiger partial charge < -0.3 is 9.80 Å². The number of piperazine rings is 2. The summed E-state index contributed by atoms with van der Waals surface area (Å²) in [7, 11) is -7.75. The van der Waals surface area contributed by atoms with Crippen LogP contribution in [0.25, 0.3) is 10.8 Å². The molecule has 0 amide bonds. The molecule has 0 N–H and O–H groups in total. The molecule has 2 aliphatic rings. The zero-order chi connectivity index (χ0) is 29.5. The lowest BCUT2D eigenvalue weighted by molar-refractivity contribution is 0.384. The number of anilines is 2. The Kier molecular flexibility index (Phi) is 8.12. The Hall–Kier alpha value is -2.86. The normalized spacial score (nSPS) is 17.6. The summed E-state index contributed by atoms with van der Waals surface area (Å²) in [5.74, 6) is 0. The molecule has 6 rings (SSSR count). The first-order chi connectivity index (χ1) is 20.1. The highest BCUT2D eigenvalue weighted by Gasteiger charge is 2.33. The fraction of sp³-hybridized carbons (Fsp3) is 0.267. The Balaban J connectivity index is 1.24. The van der Waals surface area contributed by atoms with Gasteiger partial charge in [0.05, 0.1) is 9.79 Å². The highest BCUT2D eigenvalue weighted by Crippen LogP contribution is 2.33. The van der Waals surface area contributed by atoms with E-state index < -0.39 is 20.0 Å². The first-order valence-electron chi connectivity index (χ1n) is 13.7. The molecule has 0 unspecified atom stereocenters. The van der Waals surface area contributed by atoms with Crippen molar-refractivity contribution >= 4 is 65.4 Å². The van der Waals surface area contributed by atoms with Crippen LogP contribution in [0.5, 0.6) is 0 Å². The molecule has 4 aromatic rings. The van der Waals surface area contributed by atoms with Gasteiger partial charge in [-0.05, 0) is 48.5 Å². The summed E-state index contributed by atoms with van der Waals surface area (Å²) >= 11 is 12.3. The van der Waals surface area contributed by atoms with Crippen LogP contribution in [0.15, 0.2) is 94.7 Å². The molecule has 2 saturated heterocycles. The van der Waals surface area contributed by atoms with Gasteiger partial charge in [-0.25, -0.2) is 16.8 Å². The second-order valence-electron chi connectivity index (χ2n) is 10.3. The van der Waals surface area contributed by atoms with Crippen LogP contribution in [0.2, 0.25) is 10.0 Å². The molecule has 8 nitrogen and oxygen atoms in total. The minimum absolute atomic E-state index is 0.110. The largest absolute Gasteiger partial charge is 0.369 e. The van der Waals surface area contributed by atoms with Crippen LogP contribution in [0.1, 0.15) is 0 Å². The lowest BCUT2D eigenvalue weighted by Crippen LogP contribution is -2.48. The molecule has 0 radical (unpaired) electrons. The van der Waals surface area contributed by atoms with Crippen molar-refractivity contribution < 1.29 is 16.8 Å². The minimum Gasteiger partial charge on any atom is -0.369 e. The maximum absolute atomic E-state index is 13.9. The van der Waals surface area contributed by atoms with E-state index in [4.69, 9.17) is 23.2 Å². The molecule has 12 heteroatoms. The van der Waals surface area contributed by atoms with Gasteiger partial charge in [0, 0.05) is 84.6 Å². The molecule has 2 fully saturated rings. The van der Waals surface area contributed by atoms with Crippen LogP contribution in [0.3, 0.4) is 0 Å². The van der Waals surface area contributed by atoms with Crippen LogP contribution in [-0.4, -0.2) is 77.8 Å². The average Bonchev–Trinajstić information content (AvgIpc) is 3.00. The van der Waals surface area contributed by atoms with Crippen LogP contribution >= 0.6 is 23.2 Å². The van der Waals surface area contributed by atoms with Crippen molar-refractivity contribution in [3.8, 4) is 0 Å². The molecule has 0 atom stereocenters. The first-order valence-corrected chi connectivity index (χ1v) is 17.3. The van der Waals surface area contributed by atoms with Crippen molar-refractivity contribution in [2.24, 2.45) is 0 Å². The van der Waals surface area contributed by atoms with Gasteiger partial charge in [0.1, 0.15) is 0 Å². The first kappa shape index (κ1) is 29.2. The molecule has 220 valence electrons. The number of hydrogen-bond acceptors (Lipinski definition) is 6. The van der Waals surface area contributed by atoms with Crippen molar-refractivity contribution in [1.82, 2.24) is 8.61 Å². The third-order valence-corrected chi connectivity index (χ3v) is 12.3. The zero-order valence-corrected chi connectivity index (χ0v) is 25.9. The van der Waals surface area contributed by atoms with Crippen molar-refractivity contribution in [2.45, 2.75) is 9.79 Å². The Bertz CT molecular complexity index is 1700. The molecule has 0 spiro atoms. The number of hydrogen-bond donors (Lipinski definition) is 0. The predicted molar refractivity (Wildman–Crippen MR) is 169 cm³/mol. The molecule has 0 bridgehead atoms. The van der Waals surface area contributed by atoms with E-state index >= 15 is 0 Å². The smallest absolute Gasteiger partial charge is 0.243 e. The predicted octanol–water partition coefficient (Wildman–Crippen LogP) is 5.17. The van der Waals surface area contributed by atoms with Crippen molar-refractivity contribution in [3.63, 3.8) is 0 Å². The van der Waals surface area contributed by atoms with E-state index in [9.17, 15) is 16.8 Å². The summed E-state index contributed by atoms with van der Waals surface area (Å²) in [6, 6.07) is 24.7. The Morgan fingerprint density at radius 3 is 1.19 bits per heavy atom. The molecule has 2 aliphatic heterocycles. The monoisotopic (exact) mass is 644 g/mol. The second kappa shape index (κ2) is 11.7. The standard InChI is InChI=1S/C30H30Cl2N4O4S2/c31-23-5-1-7-25(21-23)33-13-17-35(18-14-33)41(37,38)29-11-3-10-28-27(29)9-4-12-30(28)42(39,40)36-19-15-34(16-20-36)26-8-2-6-24(32)22-26/h1-12,21-22H,13-20H2. The second-order valence-corrected chi connectivity index (χ2v) is 15.0. The third-order valence-electron chi connectivity index (χ3n) is 7.90. The number of sulfonamides is 2. The summed E-state index contributed by atoms with van der Waals surface area (Å²) in [5, 5.41) is 2.06. The molecular formula is C30H30Cl2N4O4S2.